The van der Waals surface area contributed by atoms with Crippen molar-refractivity contribution in [3.05, 3.63) is 6.20 Å². The van der Waals surface area contributed by atoms with Gasteiger partial charge in [-0.3, -0.25) is 14.5 Å². The molecule has 1 atom stereocenters. The number of carbonyl (C=O) groups excluding carboxylic acids is 2. The first kappa shape index (κ1) is 19.6. The van der Waals surface area contributed by atoms with Crippen LogP contribution in [0.2, 0.25) is 0 Å². The summed E-state index contributed by atoms with van der Waals surface area (Å²) in [6.07, 6.45) is 2.70. The molecule has 3 fully saturated rings. The van der Waals surface area contributed by atoms with Crippen LogP contribution in [0.25, 0.3) is 0 Å². The summed E-state index contributed by atoms with van der Waals surface area (Å²) >= 11 is 1.50. The second kappa shape index (κ2) is 9.17. The maximum absolute atomic E-state index is 12.5. The fraction of sp³-hybridized carbons (Fsp3) is 0.722. The Morgan fingerprint density at radius 2 is 2.00 bits per heavy atom. The molecule has 0 spiro atoms. The Kier molecular flexibility index (Phi) is 6.40. The molecule has 0 unspecified atom stereocenters. The molecule has 3 aliphatic rings. The van der Waals surface area contributed by atoms with Crippen LogP contribution in [-0.2, 0) is 14.3 Å². The molecule has 0 aromatic carbocycles. The van der Waals surface area contributed by atoms with Gasteiger partial charge in [0.05, 0.1) is 31.9 Å². The molecule has 4 heterocycles. The van der Waals surface area contributed by atoms with Gasteiger partial charge in [0.25, 0.3) is 0 Å². The van der Waals surface area contributed by atoms with Crippen LogP contribution in [0.5, 0.6) is 0 Å². The second-order valence-electron chi connectivity index (χ2n) is 7.44. The molecule has 0 aliphatic carbocycles. The summed E-state index contributed by atoms with van der Waals surface area (Å²) in [5.41, 5.74) is 0. The fourth-order valence-corrected chi connectivity index (χ4v) is 4.65. The first-order chi connectivity index (χ1) is 13.7. The SMILES string of the molecule is O=C(Nc1ncc(N2CCN(C(=O)CN3CCOCC3)CC2)s1)[C@H]1CCNC1. The Bertz CT molecular complexity index is 679. The first-order valence-electron chi connectivity index (χ1n) is 9.99. The number of thiazole rings is 1. The number of hydrogen-bond donors (Lipinski definition) is 2. The number of aromatic nitrogens is 1. The molecule has 3 saturated heterocycles. The predicted molar refractivity (Wildman–Crippen MR) is 108 cm³/mol. The van der Waals surface area contributed by atoms with Crippen LogP contribution in [0, 0.1) is 5.92 Å². The Hall–Kier alpha value is -1.75. The van der Waals surface area contributed by atoms with E-state index in [4.69, 9.17) is 4.74 Å². The lowest BCUT2D eigenvalue weighted by atomic mass is 10.1. The minimum atomic E-state index is 0.0355. The highest BCUT2D eigenvalue weighted by Crippen LogP contribution is 2.28. The zero-order valence-electron chi connectivity index (χ0n) is 16.1. The number of morpholine rings is 1. The van der Waals surface area contributed by atoms with Gasteiger partial charge in [0.2, 0.25) is 11.8 Å². The van der Waals surface area contributed by atoms with Crippen LogP contribution in [0.1, 0.15) is 6.42 Å². The van der Waals surface area contributed by atoms with Crippen molar-refractivity contribution in [1.82, 2.24) is 20.1 Å². The van der Waals surface area contributed by atoms with E-state index in [0.717, 1.165) is 63.8 Å². The van der Waals surface area contributed by atoms with Gasteiger partial charge in [0.15, 0.2) is 5.13 Å². The highest BCUT2D eigenvalue weighted by Gasteiger charge is 2.26. The fourth-order valence-electron chi connectivity index (χ4n) is 3.78. The third-order valence-corrected chi connectivity index (χ3v) is 6.53. The van der Waals surface area contributed by atoms with Gasteiger partial charge in [-0.2, -0.15) is 0 Å². The standard InChI is InChI=1S/C18H28N6O3S/c25-15(13-22-7-9-27-10-8-22)23-3-5-24(6-4-23)16-12-20-18(28-16)21-17(26)14-1-2-19-11-14/h12,14,19H,1-11,13H2,(H,20,21,26)/t14-/m0/s1. The lowest BCUT2D eigenvalue weighted by molar-refractivity contribution is -0.133. The summed E-state index contributed by atoms with van der Waals surface area (Å²) in [6, 6.07) is 0. The zero-order valence-corrected chi connectivity index (χ0v) is 16.9. The summed E-state index contributed by atoms with van der Waals surface area (Å²) in [6.45, 7) is 8.22. The van der Waals surface area contributed by atoms with Gasteiger partial charge >= 0.3 is 0 Å². The maximum Gasteiger partial charge on any atom is 0.236 e. The smallest absolute Gasteiger partial charge is 0.236 e. The van der Waals surface area contributed by atoms with E-state index >= 15 is 0 Å². The van der Waals surface area contributed by atoms with Crippen LogP contribution in [0.15, 0.2) is 6.20 Å². The molecule has 2 amide bonds. The maximum atomic E-state index is 12.5. The van der Waals surface area contributed by atoms with Crippen molar-refractivity contribution in [3.63, 3.8) is 0 Å². The lowest BCUT2D eigenvalue weighted by Crippen LogP contribution is -2.52. The van der Waals surface area contributed by atoms with Crippen molar-refractivity contribution in [1.29, 1.82) is 0 Å². The number of rotatable bonds is 5. The molecule has 154 valence electrons. The van der Waals surface area contributed by atoms with Gasteiger partial charge < -0.3 is 25.2 Å². The molecule has 1 aromatic heterocycles. The average molecular weight is 409 g/mol. The monoisotopic (exact) mass is 408 g/mol. The number of nitrogens with zero attached hydrogens (tertiary/aromatic N) is 4. The van der Waals surface area contributed by atoms with Crippen LogP contribution in [-0.4, -0.2) is 98.7 Å². The zero-order chi connectivity index (χ0) is 19.3. The normalized spacial score (nSPS) is 23.8. The minimum Gasteiger partial charge on any atom is -0.379 e. The van der Waals surface area contributed by atoms with Gasteiger partial charge in [0.1, 0.15) is 5.00 Å². The third-order valence-electron chi connectivity index (χ3n) is 5.56. The van der Waals surface area contributed by atoms with Gasteiger partial charge in [0, 0.05) is 45.8 Å². The molecule has 0 saturated carbocycles. The van der Waals surface area contributed by atoms with E-state index in [1.807, 2.05) is 11.1 Å². The molecule has 10 heteroatoms. The number of amides is 2. The van der Waals surface area contributed by atoms with Gasteiger partial charge in [-0.05, 0) is 13.0 Å². The topological polar surface area (TPSA) is 90.0 Å². The first-order valence-corrected chi connectivity index (χ1v) is 10.8. The number of nitrogens with one attached hydrogen (secondary N) is 2. The number of hydrogen-bond acceptors (Lipinski definition) is 8. The minimum absolute atomic E-state index is 0.0355. The summed E-state index contributed by atoms with van der Waals surface area (Å²) in [7, 11) is 0. The van der Waals surface area contributed by atoms with Crippen LogP contribution < -0.4 is 15.5 Å². The van der Waals surface area contributed by atoms with Crippen LogP contribution >= 0.6 is 11.3 Å². The largest absolute Gasteiger partial charge is 0.379 e. The summed E-state index contributed by atoms with van der Waals surface area (Å²) in [5, 5.41) is 7.84. The van der Waals surface area contributed by atoms with Crippen molar-refractivity contribution >= 4 is 33.3 Å². The van der Waals surface area contributed by atoms with E-state index in [1.165, 1.54) is 11.3 Å². The third kappa shape index (κ3) is 4.80. The van der Waals surface area contributed by atoms with Crippen LogP contribution in [0.4, 0.5) is 10.1 Å². The number of ether oxygens (including phenoxy) is 1. The van der Waals surface area contributed by atoms with E-state index in [2.05, 4.69) is 25.4 Å². The molecule has 4 rings (SSSR count). The average Bonchev–Trinajstić information content (AvgIpc) is 3.41. The Balaban J connectivity index is 1.24. The van der Waals surface area contributed by atoms with Crippen molar-refractivity contribution in [3.8, 4) is 0 Å². The van der Waals surface area contributed by atoms with Gasteiger partial charge in [-0.1, -0.05) is 11.3 Å². The van der Waals surface area contributed by atoms with Crippen molar-refractivity contribution in [2.75, 3.05) is 82.3 Å². The number of carbonyl (C=O) groups is 2. The molecule has 3 aliphatic heterocycles. The Labute approximate surface area is 169 Å². The molecule has 2 N–H and O–H groups in total. The lowest BCUT2D eigenvalue weighted by Gasteiger charge is -2.36. The summed E-state index contributed by atoms with van der Waals surface area (Å²) in [5.74, 6) is 0.279. The molecule has 0 radical (unpaired) electrons. The van der Waals surface area contributed by atoms with E-state index < -0.39 is 0 Å². The number of anilines is 2. The molecule has 0 bridgehead atoms. The summed E-state index contributed by atoms with van der Waals surface area (Å²) < 4.78 is 5.34. The molecular weight excluding hydrogens is 380 g/mol. The van der Waals surface area contributed by atoms with Crippen molar-refractivity contribution in [2.24, 2.45) is 5.92 Å². The molecule has 28 heavy (non-hydrogen) atoms. The van der Waals surface area contributed by atoms with E-state index in [9.17, 15) is 9.59 Å². The van der Waals surface area contributed by atoms with Gasteiger partial charge in [-0.25, -0.2) is 4.98 Å². The molecule has 1 aromatic rings. The van der Waals surface area contributed by atoms with Gasteiger partial charge in [-0.15, -0.1) is 0 Å². The molecular formula is C18H28N6O3S. The molecule has 9 nitrogen and oxygen atoms in total. The van der Waals surface area contributed by atoms with Crippen molar-refractivity contribution < 1.29 is 14.3 Å². The number of piperazine rings is 1. The quantitative estimate of drug-likeness (QED) is 0.690. The predicted octanol–water partition coefficient (Wildman–Crippen LogP) is -0.328. The second-order valence-corrected chi connectivity index (χ2v) is 8.45. The Morgan fingerprint density at radius 1 is 1.21 bits per heavy atom. The Morgan fingerprint density at radius 3 is 2.71 bits per heavy atom. The van der Waals surface area contributed by atoms with E-state index in [-0.39, 0.29) is 17.7 Å². The summed E-state index contributed by atoms with van der Waals surface area (Å²) in [4.78, 5) is 35.5. The van der Waals surface area contributed by atoms with E-state index in [1.54, 1.807) is 0 Å². The van der Waals surface area contributed by atoms with E-state index in [0.29, 0.717) is 24.9 Å². The van der Waals surface area contributed by atoms with Crippen LogP contribution in [0.3, 0.4) is 0 Å². The van der Waals surface area contributed by atoms with Crippen molar-refractivity contribution in [2.45, 2.75) is 6.42 Å². The highest BCUT2D eigenvalue weighted by molar-refractivity contribution is 7.19. The highest BCUT2D eigenvalue weighted by atomic mass is 32.1.